The van der Waals surface area contributed by atoms with Gasteiger partial charge in [-0.2, -0.15) is 0 Å². The van der Waals surface area contributed by atoms with Crippen molar-refractivity contribution in [1.29, 1.82) is 0 Å². The van der Waals surface area contributed by atoms with Gasteiger partial charge < -0.3 is 5.32 Å². The van der Waals surface area contributed by atoms with Crippen molar-refractivity contribution in [3.05, 3.63) is 28.1 Å². The molecule has 0 radical (unpaired) electrons. The van der Waals surface area contributed by atoms with Crippen molar-refractivity contribution in [2.75, 3.05) is 18.4 Å². The van der Waals surface area contributed by atoms with E-state index >= 15 is 0 Å². The van der Waals surface area contributed by atoms with Gasteiger partial charge in [-0.1, -0.05) is 17.5 Å². The lowest BCUT2D eigenvalue weighted by molar-refractivity contribution is 0.271. The molecule has 0 aliphatic rings. The number of anilines is 1. The molecule has 0 saturated heterocycles. The van der Waals surface area contributed by atoms with Crippen LogP contribution in [0.5, 0.6) is 0 Å². The van der Waals surface area contributed by atoms with E-state index in [-0.39, 0.29) is 0 Å². The third kappa shape index (κ3) is 3.51. The van der Waals surface area contributed by atoms with Crippen molar-refractivity contribution in [3.63, 3.8) is 0 Å². The normalized spacial score (nSPS) is 11.1. The Morgan fingerprint density at radius 2 is 2.22 bits per heavy atom. The van der Waals surface area contributed by atoms with Crippen LogP contribution in [-0.4, -0.2) is 27.6 Å². The van der Waals surface area contributed by atoms with Crippen LogP contribution in [0.15, 0.2) is 17.5 Å². The van der Waals surface area contributed by atoms with E-state index in [1.54, 1.807) is 11.3 Å². The summed E-state index contributed by atoms with van der Waals surface area (Å²) in [5.41, 5.74) is 1.06. The molecule has 1 N–H and O–H groups in total. The smallest absolute Gasteiger partial charge is 0.134 e. The van der Waals surface area contributed by atoms with Gasteiger partial charge in [0, 0.05) is 36.0 Å². The van der Waals surface area contributed by atoms with Crippen LogP contribution in [-0.2, 0) is 13.1 Å². The standard InChI is InChI=1S/C12H18N4S2/c1-3-13-12-11(14-15-18-12)9-16(4-2)8-10-6-5-7-17-10/h5-7,13H,3-4,8-9H2,1-2H3. The molecule has 0 aromatic carbocycles. The van der Waals surface area contributed by atoms with E-state index in [0.717, 1.165) is 36.9 Å². The maximum absolute atomic E-state index is 4.22. The number of hydrogen-bond acceptors (Lipinski definition) is 6. The predicted octanol–water partition coefficient (Wildman–Crippen LogP) is 3.05. The van der Waals surface area contributed by atoms with Gasteiger partial charge >= 0.3 is 0 Å². The van der Waals surface area contributed by atoms with Crippen LogP contribution in [0, 0.1) is 0 Å². The summed E-state index contributed by atoms with van der Waals surface area (Å²) in [5, 5.41) is 10.8. The second kappa shape index (κ2) is 6.82. The van der Waals surface area contributed by atoms with Gasteiger partial charge in [0.05, 0.1) is 0 Å². The molecule has 2 aromatic rings. The monoisotopic (exact) mass is 282 g/mol. The molecule has 2 rings (SSSR count). The molecular formula is C12H18N4S2. The molecule has 0 aliphatic heterocycles. The van der Waals surface area contributed by atoms with Gasteiger partial charge in [0.2, 0.25) is 0 Å². The fourth-order valence-electron chi connectivity index (χ4n) is 1.72. The van der Waals surface area contributed by atoms with Crippen molar-refractivity contribution in [3.8, 4) is 0 Å². The number of nitrogens with one attached hydrogen (secondary N) is 1. The molecule has 0 amide bonds. The highest BCUT2D eigenvalue weighted by Gasteiger charge is 2.12. The highest BCUT2D eigenvalue weighted by molar-refractivity contribution is 7.10. The van der Waals surface area contributed by atoms with Crippen LogP contribution in [0.2, 0.25) is 0 Å². The van der Waals surface area contributed by atoms with Gasteiger partial charge in [0.25, 0.3) is 0 Å². The Morgan fingerprint density at radius 1 is 1.33 bits per heavy atom. The fourth-order valence-corrected chi connectivity index (χ4v) is 3.11. The van der Waals surface area contributed by atoms with Crippen molar-refractivity contribution < 1.29 is 0 Å². The van der Waals surface area contributed by atoms with Gasteiger partial charge in [-0.25, -0.2) is 0 Å². The maximum atomic E-state index is 4.22. The number of nitrogens with zero attached hydrogens (tertiary/aromatic N) is 3. The average molecular weight is 282 g/mol. The molecule has 0 spiro atoms. The molecule has 4 nitrogen and oxygen atoms in total. The first kappa shape index (κ1) is 13.5. The Bertz CT molecular complexity index is 452. The molecule has 0 unspecified atom stereocenters. The second-order valence-corrected chi connectivity index (χ2v) is 5.75. The summed E-state index contributed by atoms with van der Waals surface area (Å²) in [6, 6.07) is 4.28. The summed E-state index contributed by atoms with van der Waals surface area (Å²) >= 11 is 3.24. The van der Waals surface area contributed by atoms with Crippen LogP contribution in [0.1, 0.15) is 24.4 Å². The van der Waals surface area contributed by atoms with Gasteiger partial charge in [-0.3, -0.25) is 4.90 Å². The molecule has 2 heterocycles. The summed E-state index contributed by atoms with van der Waals surface area (Å²) in [4.78, 5) is 3.77. The first-order valence-corrected chi connectivity index (χ1v) is 7.78. The molecule has 98 valence electrons. The molecule has 0 saturated carbocycles. The van der Waals surface area contributed by atoms with Crippen LogP contribution in [0.3, 0.4) is 0 Å². The predicted molar refractivity (Wildman–Crippen MR) is 78.2 cm³/mol. The van der Waals surface area contributed by atoms with Gasteiger partial charge in [0.1, 0.15) is 10.7 Å². The lowest BCUT2D eigenvalue weighted by Crippen LogP contribution is -2.22. The topological polar surface area (TPSA) is 41.1 Å². The van der Waals surface area contributed by atoms with Gasteiger partial charge in [0.15, 0.2) is 0 Å². The molecular weight excluding hydrogens is 264 g/mol. The van der Waals surface area contributed by atoms with Gasteiger partial charge in [-0.15, -0.1) is 16.4 Å². The second-order valence-electron chi connectivity index (χ2n) is 3.96. The lowest BCUT2D eigenvalue weighted by Gasteiger charge is -2.18. The van der Waals surface area contributed by atoms with Crippen LogP contribution in [0.25, 0.3) is 0 Å². The lowest BCUT2D eigenvalue weighted by atomic mass is 10.3. The molecule has 0 bridgehead atoms. The van der Waals surface area contributed by atoms with E-state index in [1.807, 2.05) is 0 Å². The molecule has 0 aliphatic carbocycles. The minimum atomic E-state index is 0.854. The summed E-state index contributed by atoms with van der Waals surface area (Å²) < 4.78 is 4.03. The quantitative estimate of drug-likeness (QED) is 0.847. The highest BCUT2D eigenvalue weighted by atomic mass is 32.1. The van der Waals surface area contributed by atoms with Crippen molar-refractivity contribution in [1.82, 2.24) is 14.5 Å². The zero-order valence-corrected chi connectivity index (χ0v) is 12.4. The van der Waals surface area contributed by atoms with E-state index in [2.05, 4.69) is 51.2 Å². The minimum absolute atomic E-state index is 0.854. The zero-order chi connectivity index (χ0) is 12.8. The van der Waals surface area contributed by atoms with E-state index in [1.165, 1.54) is 16.4 Å². The summed E-state index contributed by atoms with van der Waals surface area (Å²) in [7, 11) is 0. The number of hydrogen-bond donors (Lipinski definition) is 1. The third-order valence-corrected chi connectivity index (χ3v) is 4.26. The Labute approximate surface area is 116 Å². The first-order chi connectivity index (χ1) is 8.83. The minimum Gasteiger partial charge on any atom is -0.374 e. The van der Waals surface area contributed by atoms with Crippen LogP contribution < -0.4 is 5.32 Å². The van der Waals surface area contributed by atoms with Crippen molar-refractivity contribution in [2.24, 2.45) is 0 Å². The molecule has 6 heteroatoms. The summed E-state index contributed by atoms with van der Waals surface area (Å²) in [6.45, 7) is 8.03. The van der Waals surface area contributed by atoms with E-state index < -0.39 is 0 Å². The Morgan fingerprint density at radius 3 is 2.89 bits per heavy atom. The zero-order valence-electron chi connectivity index (χ0n) is 10.7. The van der Waals surface area contributed by atoms with Crippen LogP contribution in [0.4, 0.5) is 5.00 Å². The Balaban J connectivity index is 1.99. The van der Waals surface area contributed by atoms with E-state index in [0.29, 0.717) is 0 Å². The highest BCUT2D eigenvalue weighted by Crippen LogP contribution is 2.20. The molecule has 0 atom stereocenters. The maximum Gasteiger partial charge on any atom is 0.134 e. The number of aromatic nitrogens is 2. The molecule has 2 aromatic heterocycles. The Kier molecular flexibility index (Phi) is 5.10. The number of thiophene rings is 1. The third-order valence-electron chi connectivity index (χ3n) is 2.67. The average Bonchev–Trinajstić information content (AvgIpc) is 3.01. The SMILES string of the molecule is CCNc1snnc1CN(CC)Cc1cccs1. The summed E-state index contributed by atoms with van der Waals surface area (Å²) in [5.74, 6) is 0. The largest absolute Gasteiger partial charge is 0.374 e. The Hall–Kier alpha value is -0.980. The number of rotatable bonds is 7. The van der Waals surface area contributed by atoms with E-state index in [4.69, 9.17) is 0 Å². The molecule has 18 heavy (non-hydrogen) atoms. The van der Waals surface area contributed by atoms with Crippen molar-refractivity contribution in [2.45, 2.75) is 26.9 Å². The molecule has 0 fully saturated rings. The van der Waals surface area contributed by atoms with Crippen molar-refractivity contribution >= 4 is 27.9 Å². The van der Waals surface area contributed by atoms with E-state index in [9.17, 15) is 0 Å². The van der Waals surface area contributed by atoms with Crippen LogP contribution >= 0.6 is 22.9 Å². The summed E-state index contributed by atoms with van der Waals surface area (Å²) in [6.07, 6.45) is 0. The van der Waals surface area contributed by atoms with Gasteiger partial charge in [-0.05, 0) is 24.9 Å². The fraction of sp³-hybridized carbons (Fsp3) is 0.500. The first-order valence-electron chi connectivity index (χ1n) is 6.13.